The van der Waals surface area contributed by atoms with Gasteiger partial charge in [-0.15, -0.1) is 22.0 Å². The summed E-state index contributed by atoms with van der Waals surface area (Å²) in [6.45, 7) is 20.9. The number of unbranched alkanes of at least 4 members (excludes halogenated alkanes) is 8. The van der Waals surface area contributed by atoms with E-state index in [0.717, 1.165) is 118 Å². The first kappa shape index (κ1) is 69.2. The summed E-state index contributed by atoms with van der Waals surface area (Å²) < 4.78 is 17.1. The molecule has 2 aromatic carbocycles. The minimum Gasteiger partial charge on any atom is -0.493 e. The number of hydrogen-bond donors (Lipinski definition) is 4. The second-order valence-corrected chi connectivity index (χ2v) is 23.5. The molecule has 0 aliphatic carbocycles. The number of azo groups is 2. The summed E-state index contributed by atoms with van der Waals surface area (Å²) in [6.07, 6.45) is 14.2. The molecule has 0 amide bonds. The molecule has 0 saturated heterocycles. The topological polar surface area (TPSA) is 258 Å². The van der Waals surface area contributed by atoms with Gasteiger partial charge >= 0.3 is 11.9 Å². The molecule has 452 valence electrons. The second kappa shape index (κ2) is 37.1. The van der Waals surface area contributed by atoms with Crippen LogP contribution in [0.1, 0.15) is 190 Å². The monoisotopic (exact) mass is 1180 g/mol. The van der Waals surface area contributed by atoms with E-state index in [0.29, 0.717) is 73.2 Å². The fourth-order valence-corrected chi connectivity index (χ4v) is 11.3. The van der Waals surface area contributed by atoms with E-state index in [2.05, 4.69) is 58.2 Å². The van der Waals surface area contributed by atoms with Crippen LogP contribution in [0, 0.1) is 62.2 Å². The maximum Gasteiger partial charge on any atom is 0.306 e. The lowest BCUT2D eigenvalue weighted by Gasteiger charge is -2.19. The van der Waals surface area contributed by atoms with Crippen molar-refractivity contribution in [2.24, 2.45) is 32.3 Å². The number of aromatic nitrogens is 2. The molecule has 4 unspecified atom stereocenters. The number of thioether (sulfide) groups is 1. The van der Waals surface area contributed by atoms with E-state index in [9.17, 15) is 39.9 Å². The van der Waals surface area contributed by atoms with Crippen LogP contribution in [0.2, 0.25) is 0 Å². The molecule has 2 aromatic heterocycles. The number of aryl methyl sites for hydroxylation is 2. The number of pyridine rings is 2. The highest BCUT2D eigenvalue weighted by molar-refractivity contribution is 7.99. The van der Waals surface area contributed by atoms with Gasteiger partial charge in [0.15, 0.2) is 11.4 Å². The third kappa shape index (κ3) is 22.3. The number of aromatic hydroxyl groups is 2. The normalized spacial score (nSPS) is 13.0. The molecule has 20 heteroatoms. The van der Waals surface area contributed by atoms with Crippen LogP contribution in [-0.2, 0) is 37.9 Å². The van der Waals surface area contributed by atoms with Gasteiger partial charge in [0.2, 0.25) is 11.8 Å². The molecule has 0 fully saturated rings. The number of nitriles is 2. The first-order chi connectivity index (χ1) is 39.9. The fraction of sp³-hybridized carbons (Fsp3) is 0.587. The zero-order valence-electron chi connectivity index (χ0n) is 50.8. The maximum absolute atomic E-state index is 13.2. The number of benzene rings is 2. The fourth-order valence-electron chi connectivity index (χ4n) is 9.56. The number of esters is 2. The van der Waals surface area contributed by atoms with Crippen LogP contribution in [0.15, 0.2) is 71.3 Å². The summed E-state index contributed by atoms with van der Waals surface area (Å²) in [6, 6.07) is 15.4. The third-order valence-electron chi connectivity index (χ3n) is 14.9. The van der Waals surface area contributed by atoms with Gasteiger partial charge in [-0.2, -0.15) is 20.8 Å². The van der Waals surface area contributed by atoms with Crippen molar-refractivity contribution in [3.63, 3.8) is 0 Å². The smallest absolute Gasteiger partial charge is 0.306 e. The van der Waals surface area contributed by atoms with E-state index >= 15 is 0 Å². The number of rotatable bonds is 38. The molecule has 18 nitrogen and oxygen atoms in total. The Morgan fingerprint density at radius 1 is 0.639 bits per heavy atom. The molecule has 83 heavy (non-hydrogen) atoms. The Morgan fingerprint density at radius 3 is 1.60 bits per heavy atom. The molecule has 0 aliphatic rings. The first-order valence-electron chi connectivity index (χ1n) is 29.7. The van der Waals surface area contributed by atoms with Gasteiger partial charge in [-0.05, 0) is 126 Å². The molecule has 0 radical (unpaired) electrons. The van der Waals surface area contributed by atoms with E-state index in [1.165, 1.54) is 21.1 Å². The van der Waals surface area contributed by atoms with Crippen molar-refractivity contribution < 1.29 is 29.3 Å². The van der Waals surface area contributed by atoms with Crippen LogP contribution in [0.3, 0.4) is 0 Å². The van der Waals surface area contributed by atoms with Gasteiger partial charge in [0.25, 0.3) is 11.1 Å². The number of carbonyl (C=O) groups excluding carboxylic acids is 2. The second-order valence-electron chi connectivity index (χ2n) is 21.6. The molecule has 0 aliphatic heterocycles. The lowest BCUT2D eigenvalue weighted by atomic mass is 9.98. The van der Waals surface area contributed by atoms with Crippen molar-refractivity contribution >= 4 is 58.4 Å². The molecular formula is C63H90N10O8S2. The Hall–Kier alpha value is -6.32. The van der Waals surface area contributed by atoms with Crippen molar-refractivity contribution in [1.82, 2.24) is 19.2 Å². The Kier molecular flexibility index (Phi) is 30.9. The van der Waals surface area contributed by atoms with Crippen molar-refractivity contribution in [1.29, 1.82) is 10.5 Å². The Balaban J connectivity index is 1.07. The van der Waals surface area contributed by atoms with Gasteiger partial charge in [-0.25, -0.2) is 0 Å². The van der Waals surface area contributed by atoms with Crippen LogP contribution in [0.25, 0.3) is 0 Å². The van der Waals surface area contributed by atoms with Crippen LogP contribution in [-0.4, -0.2) is 62.5 Å². The van der Waals surface area contributed by atoms with Crippen LogP contribution >= 0.6 is 23.7 Å². The van der Waals surface area contributed by atoms with Gasteiger partial charge in [0.1, 0.15) is 35.5 Å². The summed E-state index contributed by atoms with van der Waals surface area (Å²) in [5.41, 5.74) is 3.90. The van der Waals surface area contributed by atoms with E-state index in [-0.39, 0.29) is 70.2 Å². The highest BCUT2D eigenvalue weighted by atomic mass is 32.2. The minimum atomic E-state index is -0.514. The van der Waals surface area contributed by atoms with Crippen molar-refractivity contribution in [3.05, 3.63) is 96.0 Å². The van der Waals surface area contributed by atoms with Gasteiger partial charge in [-0.3, -0.25) is 33.0 Å². The Labute approximate surface area is 500 Å². The lowest BCUT2D eigenvalue weighted by molar-refractivity contribution is -0.149. The number of nitrogens with zero attached hydrogens (tertiary/aromatic N) is 8. The molecule has 4 aromatic rings. The molecule has 4 N–H and O–H groups in total. The Morgan fingerprint density at radius 2 is 1.12 bits per heavy atom. The number of carbonyl (C=O) groups is 2. The SMILES string of the molecule is CCCCCC(CC)Cn1c(O)c(N=Nc2ccc(CSNCC(C)OC(=O)CCCCCCCCC(=O)OC(C)CNCSc3ccc(N=Nc4c(C)c(C#N)c(=O)n(CC(CC)CCCC)c4O)cc3C)c(C)c2)c(C)c(C#N)c1=O. The first-order valence-corrected chi connectivity index (χ1v) is 31.7. The zero-order chi connectivity index (χ0) is 60.8. The van der Waals surface area contributed by atoms with E-state index in [1.807, 2.05) is 76.2 Å². The van der Waals surface area contributed by atoms with Crippen molar-refractivity contribution in [2.75, 3.05) is 19.0 Å². The molecule has 0 saturated carbocycles. The predicted molar refractivity (Wildman–Crippen MR) is 332 cm³/mol. The number of ether oxygens (including phenoxy) is 2. The van der Waals surface area contributed by atoms with Crippen molar-refractivity contribution in [2.45, 2.75) is 214 Å². The summed E-state index contributed by atoms with van der Waals surface area (Å²) in [5, 5.41) is 62.8. The quantitative estimate of drug-likeness (QED) is 0.00813. The average molecular weight is 1180 g/mol. The number of nitrogens with one attached hydrogen (secondary N) is 2. The highest BCUT2D eigenvalue weighted by Crippen LogP contribution is 2.36. The maximum atomic E-state index is 13.2. The average Bonchev–Trinajstić information content (AvgIpc) is 3.18. The summed E-state index contributed by atoms with van der Waals surface area (Å²) >= 11 is 3.12. The van der Waals surface area contributed by atoms with Gasteiger partial charge < -0.3 is 25.0 Å². The summed E-state index contributed by atoms with van der Waals surface area (Å²) in [4.78, 5) is 52.5. The van der Waals surface area contributed by atoms with Gasteiger partial charge in [-0.1, -0.05) is 116 Å². The molecule has 0 spiro atoms. The Bertz CT molecular complexity index is 3020. The van der Waals surface area contributed by atoms with Gasteiger partial charge in [0, 0.05) is 66.7 Å². The largest absolute Gasteiger partial charge is 0.493 e. The molecule has 0 bridgehead atoms. The predicted octanol–water partition coefficient (Wildman–Crippen LogP) is 15.1. The van der Waals surface area contributed by atoms with Crippen LogP contribution in [0.4, 0.5) is 22.7 Å². The van der Waals surface area contributed by atoms with Crippen LogP contribution in [0.5, 0.6) is 11.8 Å². The van der Waals surface area contributed by atoms with Crippen LogP contribution < -0.4 is 21.2 Å². The van der Waals surface area contributed by atoms with E-state index in [1.54, 1.807) is 25.6 Å². The standard InChI is InChI=1S/C63H90N10O8S2/c1-11-15-21-25-49(14-4)39-73-61(77)54(35-65)46(9)58(63(73)79)70-68-51-29-28-50(42(5)32-51)40-83-67-37-45(8)81-57(75)27-23-20-18-17-19-22-26-56(74)80-44(7)36-66-41-82-55-31-30-52(33-43(55)6)69-71-59-47(10)53(34-64)60(76)72(62(59)78)38-48(13-3)24-16-12-2/h28-33,44-45,48-49,66-67,78-79H,11-27,36-41H2,1-10H3. The third-order valence-corrected chi connectivity index (χ3v) is 16.9. The number of hydrogen-bond acceptors (Lipinski definition) is 18. The molecular weight excluding hydrogens is 1090 g/mol. The summed E-state index contributed by atoms with van der Waals surface area (Å²) in [5.74, 6) is 0.636. The molecule has 4 rings (SSSR count). The zero-order valence-corrected chi connectivity index (χ0v) is 52.4. The van der Waals surface area contributed by atoms with E-state index < -0.39 is 11.1 Å². The summed E-state index contributed by atoms with van der Waals surface area (Å²) in [7, 11) is 0. The van der Waals surface area contributed by atoms with Crippen molar-refractivity contribution in [3.8, 4) is 23.9 Å². The minimum absolute atomic E-state index is 0.0427. The molecule has 4 atom stereocenters. The van der Waals surface area contributed by atoms with Gasteiger partial charge in [0.05, 0.1) is 11.4 Å². The lowest BCUT2D eigenvalue weighted by Crippen LogP contribution is -2.28. The molecule has 2 heterocycles. The highest BCUT2D eigenvalue weighted by Gasteiger charge is 2.23. The van der Waals surface area contributed by atoms with E-state index in [4.69, 9.17) is 9.47 Å².